The maximum absolute atomic E-state index is 11.8. The zero-order chi connectivity index (χ0) is 14.6. The number of hydrogen-bond acceptors (Lipinski definition) is 4. The summed E-state index contributed by atoms with van der Waals surface area (Å²) in [4.78, 5) is 34.3. The van der Waals surface area contributed by atoms with Gasteiger partial charge in [0.1, 0.15) is 6.04 Å². The van der Waals surface area contributed by atoms with Gasteiger partial charge in [0.15, 0.2) is 11.5 Å². The summed E-state index contributed by atoms with van der Waals surface area (Å²) in [5.74, 6) is -1.82. The van der Waals surface area contributed by atoms with E-state index in [1.807, 2.05) is 0 Å². The van der Waals surface area contributed by atoms with Crippen LogP contribution in [0, 0.1) is 5.92 Å². The summed E-state index contributed by atoms with van der Waals surface area (Å²) in [5, 5.41) is 4.84. The average Bonchev–Trinajstić information content (AvgIpc) is 2.83. The molecule has 3 amide bonds. The third-order valence-corrected chi connectivity index (χ3v) is 2.54. The van der Waals surface area contributed by atoms with E-state index < -0.39 is 23.8 Å². The van der Waals surface area contributed by atoms with E-state index >= 15 is 0 Å². The Bertz CT molecular complexity index is 493. The van der Waals surface area contributed by atoms with E-state index in [0.717, 1.165) is 0 Å². The molecule has 19 heavy (non-hydrogen) atoms. The zero-order valence-corrected chi connectivity index (χ0v) is 11.0. The van der Waals surface area contributed by atoms with Crippen molar-refractivity contribution in [1.29, 1.82) is 0 Å². The van der Waals surface area contributed by atoms with Gasteiger partial charge in [-0.25, -0.2) is 0 Å². The molecule has 0 radical (unpaired) electrons. The van der Waals surface area contributed by atoms with Crippen LogP contribution >= 0.6 is 0 Å². The van der Waals surface area contributed by atoms with Crippen molar-refractivity contribution in [2.75, 3.05) is 7.05 Å². The number of nitrogens with two attached hydrogens (primary N) is 1. The highest BCUT2D eigenvalue weighted by Gasteiger charge is 2.24. The smallest absolute Gasteiger partial charge is 0.287 e. The molecule has 1 aromatic heterocycles. The molecule has 0 aliphatic heterocycles. The SMILES string of the molecule is CNC(=O)c1ccc(C(=O)NC(C(N)=O)C(C)C)o1. The minimum absolute atomic E-state index is 0.0211. The van der Waals surface area contributed by atoms with Gasteiger partial charge in [0.25, 0.3) is 11.8 Å². The number of amides is 3. The second-order valence-corrected chi connectivity index (χ2v) is 4.34. The van der Waals surface area contributed by atoms with Crippen molar-refractivity contribution in [2.24, 2.45) is 11.7 Å². The highest BCUT2D eigenvalue weighted by Crippen LogP contribution is 2.09. The van der Waals surface area contributed by atoms with Crippen LogP contribution in [0.1, 0.15) is 35.0 Å². The van der Waals surface area contributed by atoms with Crippen LogP contribution in [0.2, 0.25) is 0 Å². The number of nitrogens with one attached hydrogen (secondary N) is 2. The molecule has 1 unspecified atom stereocenters. The lowest BCUT2D eigenvalue weighted by molar-refractivity contribution is -0.120. The Morgan fingerprint density at radius 2 is 1.68 bits per heavy atom. The monoisotopic (exact) mass is 267 g/mol. The van der Waals surface area contributed by atoms with Gasteiger partial charge in [-0.05, 0) is 18.1 Å². The summed E-state index contributed by atoms with van der Waals surface area (Å²) in [6.07, 6.45) is 0. The molecule has 1 heterocycles. The van der Waals surface area contributed by atoms with E-state index in [4.69, 9.17) is 10.2 Å². The molecule has 0 bridgehead atoms. The number of rotatable bonds is 5. The van der Waals surface area contributed by atoms with Gasteiger partial charge in [-0.1, -0.05) is 13.8 Å². The fraction of sp³-hybridized carbons (Fsp3) is 0.417. The summed E-state index contributed by atoms with van der Waals surface area (Å²) >= 11 is 0. The Kier molecular flexibility index (Phi) is 4.68. The molecule has 1 aromatic rings. The molecular formula is C12H17N3O4. The van der Waals surface area contributed by atoms with Crippen molar-refractivity contribution in [2.45, 2.75) is 19.9 Å². The predicted molar refractivity (Wildman–Crippen MR) is 67.4 cm³/mol. The molecule has 1 rings (SSSR count). The molecule has 7 heteroatoms. The van der Waals surface area contributed by atoms with Crippen molar-refractivity contribution in [3.63, 3.8) is 0 Å². The third kappa shape index (κ3) is 3.57. The maximum Gasteiger partial charge on any atom is 0.287 e. The van der Waals surface area contributed by atoms with Gasteiger partial charge in [-0.15, -0.1) is 0 Å². The van der Waals surface area contributed by atoms with Gasteiger partial charge < -0.3 is 20.8 Å². The maximum atomic E-state index is 11.8. The van der Waals surface area contributed by atoms with Gasteiger partial charge in [-0.3, -0.25) is 14.4 Å². The van der Waals surface area contributed by atoms with Crippen LogP contribution in [0.5, 0.6) is 0 Å². The van der Waals surface area contributed by atoms with Gasteiger partial charge in [0.2, 0.25) is 5.91 Å². The van der Waals surface area contributed by atoms with Gasteiger partial charge >= 0.3 is 0 Å². The standard InChI is InChI=1S/C12H17N3O4/c1-6(2)9(10(13)16)15-12(18)8-5-4-7(19-8)11(17)14-3/h4-6,9H,1-3H3,(H2,13,16)(H,14,17)(H,15,18). The lowest BCUT2D eigenvalue weighted by Gasteiger charge is -2.17. The second kappa shape index (κ2) is 6.03. The molecular weight excluding hydrogens is 250 g/mol. The first-order chi connectivity index (χ1) is 8.86. The van der Waals surface area contributed by atoms with Crippen LogP contribution in [0.25, 0.3) is 0 Å². The predicted octanol–water partition coefficient (Wildman–Crippen LogP) is -0.121. The van der Waals surface area contributed by atoms with Crippen LogP contribution in [0.4, 0.5) is 0 Å². The van der Waals surface area contributed by atoms with E-state index in [1.54, 1.807) is 13.8 Å². The van der Waals surface area contributed by atoms with Crippen LogP contribution in [0.3, 0.4) is 0 Å². The summed E-state index contributed by atoms with van der Waals surface area (Å²) in [6, 6.07) is 1.95. The Hall–Kier alpha value is -2.31. The molecule has 0 saturated heterocycles. The Labute approximate surface area is 110 Å². The van der Waals surface area contributed by atoms with Crippen LogP contribution in [-0.4, -0.2) is 30.8 Å². The van der Waals surface area contributed by atoms with E-state index in [2.05, 4.69) is 10.6 Å². The van der Waals surface area contributed by atoms with Crippen LogP contribution < -0.4 is 16.4 Å². The molecule has 0 saturated carbocycles. The van der Waals surface area contributed by atoms with Crippen LogP contribution in [0.15, 0.2) is 16.5 Å². The Balaban J connectivity index is 2.80. The topological polar surface area (TPSA) is 114 Å². The third-order valence-electron chi connectivity index (χ3n) is 2.54. The normalized spacial score (nSPS) is 12.0. The summed E-state index contributed by atoms with van der Waals surface area (Å²) in [5.41, 5.74) is 5.19. The molecule has 1 atom stereocenters. The Morgan fingerprint density at radius 1 is 1.16 bits per heavy atom. The molecule has 7 nitrogen and oxygen atoms in total. The van der Waals surface area contributed by atoms with E-state index in [9.17, 15) is 14.4 Å². The second-order valence-electron chi connectivity index (χ2n) is 4.34. The first kappa shape index (κ1) is 14.7. The quantitative estimate of drug-likeness (QED) is 0.689. The molecule has 0 aliphatic carbocycles. The van der Waals surface area contributed by atoms with Gasteiger partial charge in [0.05, 0.1) is 0 Å². The number of primary amides is 1. The van der Waals surface area contributed by atoms with Crippen molar-refractivity contribution in [1.82, 2.24) is 10.6 Å². The lowest BCUT2D eigenvalue weighted by Crippen LogP contribution is -2.47. The number of furan rings is 1. The van der Waals surface area contributed by atoms with Gasteiger partial charge in [0, 0.05) is 7.05 Å². The van der Waals surface area contributed by atoms with E-state index in [-0.39, 0.29) is 17.4 Å². The highest BCUT2D eigenvalue weighted by atomic mass is 16.4. The fourth-order valence-electron chi connectivity index (χ4n) is 1.48. The minimum atomic E-state index is -0.791. The zero-order valence-electron chi connectivity index (χ0n) is 11.0. The minimum Gasteiger partial charge on any atom is -0.446 e. The van der Waals surface area contributed by atoms with Crippen LogP contribution in [-0.2, 0) is 4.79 Å². The molecule has 0 aliphatic rings. The Morgan fingerprint density at radius 3 is 2.11 bits per heavy atom. The van der Waals surface area contributed by atoms with Crippen molar-refractivity contribution >= 4 is 17.7 Å². The summed E-state index contributed by atoms with van der Waals surface area (Å²) in [6.45, 7) is 3.52. The number of hydrogen-bond donors (Lipinski definition) is 3. The van der Waals surface area contributed by atoms with E-state index in [0.29, 0.717) is 0 Å². The number of carbonyl (C=O) groups excluding carboxylic acids is 3. The van der Waals surface area contributed by atoms with Crippen molar-refractivity contribution < 1.29 is 18.8 Å². The number of carbonyl (C=O) groups is 3. The molecule has 0 fully saturated rings. The summed E-state index contributed by atoms with van der Waals surface area (Å²) < 4.78 is 5.08. The molecule has 104 valence electrons. The molecule has 0 spiro atoms. The fourth-order valence-corrected chi connectivity index (χ4v) is 1.48. The first-order valence-electron chi connectivity index (χ1n) is 5.79. The molecule has 0 aromatic carbocycles. The summed E-state index contributed by atoms with van der Waals surface area (Å²) in [7, 11) is 1.45. The van der Waals surface area contributed by atoms with Crippen molar-refractivity contribution in [3.05, 3.63) is 23.7 Å². The van der Waals surface area contributed by atoms with E-state index in [1.165, 1.54) is 19.2 Å². The van der Waals surface area contributed by atoms with Crippen molar-refractivity contribution in [3.8, 4) is 0 Å². The largest absolute Gasteiger partial charge is 0.446 e. The molecule has 4 N–H and O–H groups in total. The highest BCUT2D eigenvalue weighted by molar-refractivity contribution is 5.97. The average molecular weight is 267 g/mol. The lowest BCUT2D eigenvalue weighted by atomic mass is 10.0. The first-order valence-corrected chi connectivity index (χ1v) is 5.79. The van der Waals surface area contributed by atoms with Gasteiger partial charge in [-0.2, -0.15) is 0 Å².